The second-order valence-corrected chi connectivity index (χ2v) is 4.91. The number of aryl methyl sites for hydroxylation is 1. The van der Waals surface area contributed by atoms with Crippen molar-refractivity contribution in [1.29, 1.82) is 0 Å². The average Bonchev–Trinajstić information content (AvgIpc) is 3.08. The van der Waals surface area contributed by atoms with E-state index in [1.165, 1.54) is 6.07 Å². The van der Waals surface area contributed by atoms with Crippen LogP contribution in [0.1, 0.15) is 22.6 Å². The predicted octanol–water partition coefficient (Wildman–Crippen LogP) is 1.65. The van der Waals surface area contributed by atoms with Crippen LogP contribution in [0.4, 0.5) is 0 Å². The molecule has 0 radical (unpaired) electrons. The lowest BCUT2D eigenvalue weighted by atomic mass is 10.1. The van der Waals surface area contributed by atoms with Crippen LogP contribution in [0.3, 0.4) is 0 Å². The first-order chi connectivity index (χ1) is 10.1. The third-order valence-electron chi connectivity index (χ3n) is 3.21. The number of carboxylic acid groups (broad SMARTS) is 1. The summed E-state index contributed by atoms with van der Waals surface area (Å²) in [5.41, 5.74) is 2.14. The summed E-state index contributed by atoms with van der Waals surface area (Å²) in [6, 6.07) is 5.08. The van der Waals surface area contributed by atoms with E-state index in [0.717, 1.165) is 17.7 Å². The second kappa shape index (κ2) is 5.53. The van der Waals surface area contributed by atoms with Gasteiger partial charge in [0.15, 0.2) is 0 Å². The molecule has 1 atom stereocenters. The molecule has 0 bridgehead atoms. The van der Waals surface area contributed by atoms with Gasteiger partial charge in [0.1, 0.15) is 11.8 Å². The van der Waals surface area contributed by atoms with Crippen molar-refractivity contribution in [3.8, 4) is 17.1 Å². The van der Waals surface area contributed by atoms with Crippen molar-refractivity contribution < 1.29 is 19.4 Å². The highest BCUT2D eigenvalue weighted by Crippen LogP contribution is 2.24. The van der Waals surface area contributed by atoms with Crippen LogP contribution in [-0.2, 0) is 4.74 Å². The van der Waals surface area contributed by atoms with E-state index in [4.69, 9.17) is 14.6 Å². The number of carbonyl (C=O) groups is 1. The van der Waals surface area contributed by atoms with E-state index in [9.17, 15) is 4.79 Å². The van der Waals surface area contributed by atoms with Crippen molar-refractivity contribution in [2.75, 3.05) is 13.2 Å². The lowest BCUT2D eigenvalue weighted by molar-refractivity contribution is 0.0690. The van der Waals surface area contributed by atoms with Crippen molar-refractivity contribution in [2.24, 2.45) is 0 Å². The van der Waals surface area contributed by atoms with Crippen molar-refractivity contribution in [2.45, 2.75) is 19.4 Å². The Balaban J connectivity index is 1.87. The van der Waals surface area contributed by atoms with Crippen LogP contribution >= 0.6 is 0 Å². The molecule has 0 aliphatic carbocycles. The summed E-state index contributed by atoms with van der Waals surface area (Å²) < 4.78 is 11.1. The standard InChI is InChI=1S/C14H15N3O4/c1-8-4-9(11-6-12(14(18)19)17-16-11)5-13(15-8)21-10-2-3-20-7-10/h4-6,10H,2-3,7H2,1H3,(H,16,17)(H,18,19). The molecule has 0 spiro atoms. The van der Waals surface area contributed by atoms with Crippen molar-refractivity contribution in [3.05, 3.63) is 29.6 Å². The van der Waals surface area contributed by atoms with Crippen molar-refractivity contribution >= 4 is 5.97 Å². The number of aromatic carboxylic acids is 1. The third-order valence-corrected chi connectivity index (χ3v) is 3.21. The van der Waals surface area contributed by atoms with E-state index in [1.54, 1.807) is 6.07 Å². The molecule has 1 unspecified atom stereocenters. The first kappa shape index (κ1) is 13.6. The molecule has 1 saturated heterocycles. The summed E-state index contributed by atoms with van der Waals surface area (Å²) in [7, 11) is 0. The van der Waals surface area contributed by atoms with Gasteiger partial charge >= 0.3 is 5.97 Å². The molecule has 7 heteroatoms. The lowest BCUT2D eigenvalue weighted by Gasteiger charge is -2.12. The molecular formula is C14H15N3O4. The molecule has 1 fully saturated rings. The fraction of sp³-hybridized carbons (Fsp3) is 0.357. The predicted molar refractivity (Wildman–Crippen MR) is 73.4 cm³/mol. The molecule has 110 valence electrons. The van der Waals surface area contributed by atoms with E-state index in [1.807, 2.05) is 13.0 Å². The molecule has 0 saturated carbocycles. The third kappa shape index (κ3) is 3.03. The molecule has 1 aliphatic heterocycles. The monoisotopic (exact) mass is 289 g/mol. The van der Waals surface area contributed by atoms with Gasteiger partial charge in [0.2, 0.25) is 5.88 Å². The maximum Gasteiger partial charge on any atom is 0.353 e. The number of aromatic nitrogens is 3. The van der Waals surface area contributed by atoms with Crippen LogP contribution in [0.25, 0.3) is 11.3 Å². The summed E-state index contributed by atoms with van der Waals surface area (Å²) in [5, 5.41) is 15.4. The summed E-state index contributed by atoms with van der Waals surface area (Å²) in [6.07, 6.45) is 0.859. The minimum absolute atomic E-state index is 0.0147. The maximum atomic E-state index is 10.9. The Morgan fingerprint density at radius 2 is 2.33 bits per heavy atom. The molecule has 7 nitrogen and oxygen atoms in total. The summed E-state index contributed by atoms with van der Waals surface area (Å²) in [6.45, 7) is 3.12. The van der Waals surface area contributed by atoms with Gasteiger partial charge in [-0.1, -0.05) is 0 Å². The Kier molecular flexibility index (Phi) is 3.57. The van der Waals surface area contributed by atoms with Gasteiger partial charge in [0.25, 0.3) is 0 Å². The Morgan fingerprint density at radius 1 is 1.48 bits per heavy atom. The average molecular weight is 289 g/mol. The van der Waals surface area contributed by atoms with Gasteiger partial charge in [0.05, 0.1) is 18.9 Å². The molecule has 1 aliphatic rings. The minimum Gasteiger partial charge on any atom is -0.477 e. The molecule has 21 heavy (non-hydrogen) atoms. The molecular weight excluding hydrogens is 274 g/mol. The van der Waals surface area contributed by atoms with E-state index >= 15 is 0 Å². The number of rotatable bonds is 4. The zero-order chi connectivity index (χ0) is 14.8. The highest BCUT2D eigenvalue weighted by Gasteiger charge is 2.18. The Bertz CT molecular complexity index is 662. The lowest BCUT2D eigenvalue weighted by Crippen LogP contribution is -2.16. The van der Waals surface area contributed by atoms with Gasteiger partial charge in [-0.15, -0.1) is 0 Å². The van der Waals surface area contributed by atoms with Crippen LogP contribution in [0.15, 0.2) is 18.2 Å². The van der Waals surface area contributed by atoms with Gasteiger partial charge in [-0.05, 0) is 19.1 Å². The molecule has 3 rings (SSSR count). The molecule has 0 aromatic carbocycles. The zero-order valence-corrected chi connectivity index (χ0v) is 11.5. The minimum atomic E-state index is -1.04. The number of carboxylic acids is 1. The number of aromatic amines is 1. The van der Waals surface area contributed by atoms with Crippen LogP contribution in [-0.4, -0.2) is 45.6 Å². The number of pyridine rings is 1. The first-order valence-electron chi connectivity index (χ1n) is 6.64. The molecule has 2 N–H and O–H groups in total. The van der Waals surface area contributed by atoms with Gasteiger partial charge in [-0.2, -0.15) is 5.10 Å². The number of H-pyrrole nitrogens is 1. The maximum absolute atomic E-state index is 10.9. The molecule has 2 aromatic heterocycles. The topological polar surface area (TPSA) is 97.3 Å². The van der Waals surface area contributed by atoms with Crippen LogP contribution in [0, 0.1) is 6.92 Å². The first-order valence-corrected chi connectivity index (χ1v) is 6.64. The number of nitrogens with zero attached hydrogens (tertiary/aromatic N) is 2. The van der Waals surface area contributed by atoms with Gasteiger partial charge in [-0.3, -0.25) is 5.10 Å². The summed E-state index contributed by atoms with van der Waals surface area (Å²) in [5.74, 6) is -0.542. The van der Waals surface area contributed by atoms with Crippen molar-refractivity contribution in [1.82, 2.24) is 15.2 Å². The van der Waals surface area contributed by atoms with Crippen LogP contribution in [0.5, 0.6) is 5.88 Å². The van der Waals surface area contributed by atoms with E-state index < -0.39 is 5.97 Å². The SMILES string of the molecule is Cc1cc(-c2cc(C(=O)O)[nH]n2)cc(OC2CCOC2)n1. The van der Waals surface area contributed by atoms with Gasteiger partial charge in [0, 0.05) is 23.7 Å². The van der Waals surface area contributed by atoms with Crippen LogP contribution < -0.4 is 4.74 Å². The Labute approximate surface area is 120 Å². The Hall–Kier alpha value is -2.41. The van der Waals surface area contributed by atoms with Crippen molar-refractivity contribution in [3.63, 3.8) is 0 Å². The summed E-state index contributed by atoms with van der Waals surface area (Å²) in [4.78, 5) is 15.2. The highest BCUT2D eigenvalue weighted by atomic mass is 16.5. The second-order valence-electron chi connectivity index (χ2n) is 4.91. The number of ether oxygens (including phenoxy) is 2. The zero-order valence-electron chi connectivity index (χ0n) is 11.5. The largest absolute Gasteiger partial charge is 0.477 e. The van der Waals surface area contributed by atoms with Gasteiger partial charge < -0.3 is 14.6 Å². The number of hydrogen-bond donors (Lipinski definition) is 2. The van der Waals surface area contributed by atoms with E-state index in [-0.39, 0.29) is 11.8 Å². The highest BCUT2D eigenvalue weighted by molar-refractivity contribution is 5.86. The number of nitrogens with one attached hydrogen (secondary N) is 1. The van der Waals surface area contributed by atoms with Crippen LogP contribution in [0.2, 0.25) is 0 Å². The van der Waals surface area contributed by atoms with Gasteiger partial charge in [-0.25, -0.2) is 9.78 Å². The molecule has 2 aromatic rings. The summed E-state index contributed by atoms with van der Waals surface area (Å²) >= 11 is 0. The Morgan fingerprint density at radius 3 is 3.00 bits per heavy atom. The van der Waals surface area contributed by atoms with E-state index in [2.05, 4.69) is 15.2 Å². The normalized spacial score (nSPS) is 17.9. The molecule has 3 heterocycles. The smallest absolute Gasteiger partial charge is 0.353 e. The number of hydrogen-bond acceptors (Lipinski definition) is 5. The fourth-order valence-electron chi connectivity index (χ4n) is 2.20. The quantitative estimate of drug-likeness (QED) is 0.888. The van der Waals surface area contributed by atoms with E-state index in [0.29, 0.717) is 24.8 Å². The fourth-order valence-corrected chi connectivity index (χ4v) is 2.20. The molecule has 0 amide bonds.